The lowest BCUT2D eigenvalue weighted by atomic mass is 10.2. The fourth-order valence-electron chi connectivity index (χ4n) is 2.02. The number of anilines is 1. The Labute approximate surface area is 163 Å². The number of sulfonamides is 1. The number of nitrogens with two attached hydrogens (primary N) is 1. The van der Waals surface area contributed by atoms with Crippen LogP contribution in [0, 0.1) is 0 Å². The Kier molecular flexibility index (Phi) is 6.46. The van der Waals surface area contributed by atoms with Gasteiger partial charge in [-0.25, -0.2) is 13.6 Å². The van der Waals surface area contributed by atoms with Crippen molar-refractivity contribution < 1.29 is 26.4 Å². The lowest BCUT2D eigenvalue weighted by molar-refractivity contribution is -0.137. The van der Waals surface area contributed by atoms with E-state index >= 15 is 0 Å². The maximum Gasteiger partial charge on any atom is 0.417 e. The number of primary sulfonamides is 1. The molecule has 2 aromatic rings. The molecule has 1 atom stereocenters. The highest BCUT2D eigenvalue weighted by atomic mass is 35.5. The third-order valence-corrected chi connectivity index (χ3v) is 5.73. The third-order valence-electron chi connectivity index (χ3n) is 3.38. The van der Waals surface area contributed by atoms with E-state index in [1.165, 1.54) is 37.3 Å². The van der Waals surface area contributed by atoms with Crippen molar-refractivity contribution >= 4 is 45.0 Å². The van der Waals surface area contributed by atoms with Crippen molar-refractivity contribution in [2.45, 2.75) is 28.1 Å². The summed E-state index contributed by atoms with van der Waals surface area (Å²) < 4.78 is 61.1. The Morgan fingerprint density at radius 2 is 1.78 bits per heavy atom. The number of amides is 1. The summed E-state index contributed by atoms with van der Waals surface area (Å²) in [6.45, 7) is 1.53. The molecule has 0 spiro atoms. The molecule has 3 N–H and O–H groups in total. The van der Waals surface area contributed by atoms with Gasteiger partial charge in [0, 0.05) is 10.6 Å². The van der Waals surface area contributed by atoms with Crippen LogP contribution in [0.3, 0.4) is 0 Å². The highest BCUT2D eigenvalue weighted by molar-refractivity contribution is 8.00. The number of rotatable bonds is 5. The zero-order chi connectivity index (χ0) is 20.4. The van der Waals surface area contributed by atoms with E-state index in [1.54, 1.807) is 0 Å². The molecular formula is C16H14ClF3N2O3S2. The monoisotopic (exact) mass is 438 g/mol. The van der Waals surface area contributed by atoms with Gasteiger partial charge in [0.1, 0.15) is 0 Å². The predicted molar refractivity (Wildman–Crippen MR) is 98.2 cm³/mol. The van der Waals surface area contributed by atoms with Crippen molar-refractivity contribution in [2.24, 2.45) is 5.14 Å². The van der Waals surface area contributed by atoms with Crippen LogP contribution in [0.5, 0.6) is 0 Å². The quantitative estimate of drug-likeness (QED) is 0.687. The fourth-order valence-corrected chi connectivity index (χ4v) is 3.67. The first-order chi connectivity index (χ1) is 12.4. The van der Waals surface area contributed by atoms with Crippen LogP contribution in [-0.4, -0.2) is 19.6 Å². The second-order valence-electron chi connectivity index (χ2n) is 5.46. The van der Waals surface area contributed by atoms with Gasteiger partial charge in [0.25, 0.3) is 0 Å². The molecule has 0 aliphatic rings. The molecule has 0 radical (unpaired) electrons. The van der Waals surface area contributed by atoms with E-state index in [0.29, 0.717) is 5.69 Å². The number of carbonyl (C=O) groups excluding carboxylic acids is 1. The van der Waals surface area contributed by atoms with Crippen LogP contribution in [0.25, 0.3) is 0 Å². The topological polar surface area (TPSA) is 89.3 Å². The van der Waals surface area contributed by atoms with E-state index in [2.05, 4.69) is 5.32 Å². The molecule has 0 heterocycles. The van der Waals surface area contributed by atoms with Gasteiger partial charge in [-0.1, -0.05) is 11.6 Å². The first kappa shape index (κ1) is 21.5. The largest absolute Gasteiger partial charge is 0.417 e. The third kappa shape index (κ3) is 5.86. The Morgan fingerprint density at radius 3 is 2.30 bits per heavy atom. The Hall–Kier alpha value is -1.75. The van der Waals surface area contributed by atoms with Crippen LogP contribution in [0.2, 0.25) is 5.02 Å². The van der Waals surface area contributed by atoms with E-state index in [0.717, 1.165) is 23.9 Å². The molecule has 0 bridgehead atoms. The number of thioether (sulfide) groups is 1. The highest BCUT2D eigenvalue weighted by Crippen LogP contribution is 2.37. The SMILES string of the molecule is CC(Sc1ccc(Cl)c(C(F)(F)F)c1)C(=O)Nc1ccc(S(N)(=O)=O)cc1. The van der Waals surface area contributed by atoms with Crippen molar-refractivity contribution in [3.05, 3.63) is 53.1 Å². The molecule has 2 aromatic carbocycles. The number of nitrogens with one attached hydrogen (secondary N) is 1. The van der Waals surface area contributed by atoms with Gasteiger partial charge in [-0.3, -0.25) is 4.79 Å². The number of carbonyl (C=O) groups is 1. The van der Waals surface area contributed by atoms with Crippen molar-refractivity contribution in [3.63, 3.8) is 0 Å². The van der Waals surface area contributed by atoms with Crippen LogP contribution in [0.4, 0.5) is 18.9 Å². The van der Waals surface area contributed by atoms with Gasteiger partial charge in [-0.15, -0.1) is 11.8 Å². The lowest BCUT2D eigenvalue weighted by Gasteiger charge is -2.14. The number of alkyl halides is 3. The molecule has 1 amide bonds. The van der Waals surface area contributed by atoms with E-state index in [9.17, 15) is 26.4 Å². The fraction of sp³-hybridized carbons (Fsp3) is 0.188. The number of hydrogen-bond acceptors (Lipinski definition) is 4. The van der Waals surface area contributed by atoms with Gasteiger partial charge in [-0.05, 0) is 49.4 Å². The van der Waals surface area contributed by atoms with Crippen molar-refractivity contribution in [1.82, 2.24) is 0 Å². The number of benzene rings is 2. The standard InChI is InChI=1S/C16H14ClF3N2O3S2/c1-9(26-11-4-7-14(17)13(8-11)16(18,19)20)15(23)22-10-2-5-12(6-3-10)27(21,24)25/h2-9H,1H3,(H,22,23)(H2,21,24,25). The summed E-state index contributed by atoms with van der Waals surface area (Å²) in [5, 5.41) is 6.41. The number of hydrogen-bond donors (Lipinski definition) is 2. The molecule has 146 valence electrons. The highest BCUT2D eigenvalue weighted by Gasteiger charge is 2.33. The molecule has 0 saturated heterocycles. The maximum atomic E-state index is 12.9. The molecular weight excluding hydrogens is 425 g/mol. The van der Waals surface area contributed by atoms with E-state index in [-0.39, 0.29) is 9.79 Å². The zero-order valence-electron chi connectivity index (χ0n) is 13.7. The van der Waals surface area contributed by atoms with Crippen molar-refractivity contribution in [1.29, 1.82) is 0 Å². The lowest BCUT2D eigenvalue weighted by Crippen LogP contribution is -2.22. The first-order valence-electron chi connectivity index (χ1n) is 7.35. The molecule has 0 fully saturated rings. The van der Waals surface area contributed by atoms with Crippen LogP contribution in [0.15, 0.2) is 52.3 Å². The number of halogens is 4. The van der Waals surface area contributed by atoms with Gasteiger partial charge >= 0.3 is 6.18 Å². The average Bonchev–Trinajstić information content (AvgIpc) is 2.55. The molecule has 0 saturated carbocycles. The van der Waals surface area contributed by atoms with E-state index in [1.807, 2.05) is 0 Å². The van der Waals surface area contributed by atoms with Crippen LogP contribution < -0.4 is 10.5 Å². The van der Waals surface area contributed by atoms with Gasteiger partial charge in [0.2, 0.25) is 15.9 Å². The maximum absolute atomic E-state index is 12.9. The molecule has 1 unspecified atom stereocenters. The molecule has 27 heavy (non-hydrogen) atoms. The van der Waals surface area contributed by atoms with Crippen molar-refractivity contribution in [3.8, 4) is 0 Å². The molecule has 2 rings (SSSR count). The second-order valence-corrected chi connectivity index (χ2v) is 8.84. The second kappa shape index (κ2) is 8.09. The summed E-state index contributed by atoms with van der Waals surface area (Å²) in [5.41, 5.74) is -0.646. The molecule has 0 aliphatic heterocycles. The minimum Gasteiger partial charge on any atom is -0.325 e. The predicted octanol–water partition coefficient (Wildman–Crippen LogP) is 4.13. The molecule has 5 nitrogen and oxygen atoms in total. The molecule has 0 aliphatic carbocycles. The van der Waals surface area contributed by atoms with Gasteiger partial charge in [-0.2, -0.15) is 13.2 Å². The van der Waals surface area contributed by atoms with Crippen LogP contribution in [0.1, 0.15) is 12.5 Å². The molecule has 0 aromatic heterocycles. The van der Waals surface area contributed by atoms with Gasteiger partial charge in [0.15, 0.2) is 0 Å². The summed E-state index contributed by atoms with van der Waals surface area (Å²) in [6.07, 6.45) is -4.59. The van der Waals surface area contributed by atoms with Crippen molar-refractivity contribution in [2.75, 3.05) is 5.32 Å². The summed E-state index contributed by atoms with van der Waals surface area (Å²) in [4.78, 5) is 12.4. The van der Waals surface area contributed by atoms with Crippen LogP contribution in [-0.2, 0) is 21.0 Å². The summed E-state index contributed by atoms with van der Waals surface area (Å²) in [7, 11) is -3.84. The van der Waals surface area contributed by atoms with E-state index in [4.69, 9.17) is 16.7 Å². The average molecular weight is 439 g/mol. The minimum atomic E-state index is -4.59. The van der Waals surface area contributed by atoms with Crippen LogP contribution >= 0.6 is 23.4 Å². The summed E-state index contributed by atoms with van der Waals surface area (Å²) in [5.74, 6) is -0.466. The summed E-state index contributed by atoms with van der Waals surface area (Å²) in [6, 6.07) is 8.60. The normalized spacial score (nSPS) is 13.3. The Bertz CT molecular complexity index is 948. The molecule has 11 heteroatoms. The van der Waals surface area contributed by atoms with Gasteiger partial charge < -0.3 is 5.32 Å². The Morgan fingerprint density at radius 1 is 1.19 bits per heavy atom. The minimum absolute atomic E-state index is 0.108. The van der Waals surface area contributed by atoms with Gasteiger partial charge in [0.05, 0.1) is 20.7 Å². The smallest absolute Gasteiger partial charge is 0.325 e. The first-order valence-corrected chi connectivity index (χ1v) is 10.2. The Balaban J connectivity index is 2.08. The zero-order valence-corrected chi connectivity index (χ0v) is 16.1. The van der Waals surface area contributed by atoms with E-state index < -0.39 is 37.9 Å². The summed E-state index contributed by atoms with van der Waals surface area (Å²) >= 11 is 6.50.